The van der Waals surface area contributed by atoms with Crippen LogP contribution < -0.4 is 0 Å². The van der Waals surface area contributed by atoms with Crippen LogP contribution in [0.3, 0.4) is 0 Å². The molecular weight excluding hydrogens is 720 g/mol. The molecular formula is C44H50O12. The van der Waals surface area contributed by atoms with E-state index in [1.54, 1.807) is 6.92 Å². The van der Waals surface area contributed by atoms with Gasteiger partial charge in [0.05, 0.1) is 39.1 Å². The molecule has 0 aliphatic carbocycles. The van der Waals surface area contributed by atoms with Crippen LogP contribution in [-0.4, -0.2) is 85.1 Å². The zero-order valence-corrected chi connectivity index (χ0v) is 31.8. The number of esters is 2. The lowest BCUT2D eigenvalue weighted by atomic mass is 9.96. The summed E-state index contributed by atoms with van der Waals surface area (Å²) >= 11 is 0. The maximum atomic E-state index is 12.6. The zero-order chi connectivity index (χ0) is 39.3. The third kappa shape index (κ3) is 11.5. The molecule has 12 heteroatoms. The molecule has 56 heavy (non-hydrogen) atoms. The Hall–Kier alpha value is -4.50. The molecule has 1 N–H and O–H groups in total. The minimum Gasteiger partial charge on any atom is -0.456 e. The summed E-state index contributed by atoms with van der Waals surface area (Å²) in [6, 6.07) is 38.3. The SMILES string of the molecule is CC(=O)O[C@H]1[C@H](OCc2ccccc2)[C@H](O[C@H]2[C@H](OCc3ccccc3)[C@@H](OCc3ccccc3)[C@@H](O)O[C@@H]2COCc2ccccc2)O[C@@H](C)[C@H]1OC(C)=O. The van der Waals surface area contributed by atoms with Crippen molar-refractivity contribution in [1.29, 1.82) is 0 Å². The number of carbonyl (C=O) groups excluding carboxylic acids is 2. The minimum atomic E-state index is -1.43. The summed E-state index contributed by atoms with van der Waals surface area (Å²) in [5.41, 5.74) is 3.55. The Morgan fingerprint density at radius 3 is 1.45 bits per heavy atom. The second-order valence-electron chi connectivity index (χ2n) is 13.8. The van der Waals surface area contributed by atoms with E-state index in [2.05, 4.69) is 0 Å². The van der Waals surface area contributed by atoms with E-state index < -0.39 is 73.4 Å². The summed E-state index contributed by atoms with van der Waals surface area (Å²) in [5, 5.41) is 11.6. The van der Waals surface area contributed by atoms with Gasteiger partial charge in [-0.15, -0.1) is 0 Å². The van der Waals surface area contributed by atoms with Gasteiger partial charge in [0.25, 0.3) is 0 Å². The summed E-state index contributed by atoms with van der Waals surface area (Å²) in [5.74, 6) is -1.19. The Morgan fingerprint density at radius 2 is 0.964 bits per heavy atom. The van der Waals surface area contributed by atoms with Crippen molar-refractivity contribution in [2.75, 3.05) is 6.61 Å². The Kier molecular flexibility index (Phi) is 15.1. The fourth-order valence-electron chi connectivity index (χ4n) is 6.82. The van der Waals surface area contributed by atoms with Crippen molar-refractivity contribution in [2.24, 2.45) is 0 Å². The highest BCUT2D eigenvalue weighted by atomic mass is 16.7. The molecule has 4 aromatic carbocycles. The summed E-state index contributed by atoms with van der Waals surface area (Å²) in [6.45, 7) is 4.90. The van der Waals surface area contributed by atoms with Crippen molar-refractivity contribution >= 4 is 11.9 Å². The second-order valence-corrected chi connectivity index (χ2v) is 13.8. The number of aliphatic hydroxyl groups excluding tert-OH is 1. The monoisotopic (exact) mass is 770 g/mol. The molecule has 2 aliphatic heterocycles. The highest BCUT2D eigenvalue weighted by molar-refractivity contribution is 5.67. The molecule has 0 saturated carbocycles. The predicted octanol–water partition coefficient (Wildman–Crippen LogP) is 5.67. The van der Waals surface area contributed by atoms with Gasteiger partial charge in [-0.2, -0.15) is 0 Å². The molecule has 12 nitrogen and oxygen atoms in total. The van der Waals surface area contributed by atoms with Crippen molar-refractivity contribution in [3.8, 4) is 0 Å². The van der Waals surface area contributed by atoms with E-state index in [1.165, 1.54) is 13.8 Å². The van der Waals surface area contributed by atoms with E-state index >= 15 is 0 Å². The lowest BCUT2D eigenvalue weighted by Gasteiger charge is -2.48. The lowest BCUT2D eigenvalue weighted by molar-refractivity contribution is -0.366. The smallest absolute Gasteiger partial charge is 0.303 e. The topological polar surface area (TPSA) is 137 Å². The van der Waals surface area contributed by atoms with Gasteiger partial charge in [0.1, 0.15) is 30.5 Å². The van der Waals surface area contributed by atoms with Crippen LogP contribution in [0.5, 0.6) is 0 Å². The van der Waals surface area contributed by atoms with Gasteiger partial charge in [0, 0.05) is 13.8 Å². The number of carbonyl (C=O) groups is 2. The maximum absolute atomic E-state index is 12.6. The number of hydrogen-bond donors (Lipinski definition) is 1. The molecule has 0 radical (unpaired) electrons. The number of rotatable bonds is 17. The molecule has 4 aromatic rings. The van der Waals surface area contributed by atoms with Gasteiger partial charge in [0.15, 0.2) is 24.8 Å². The van der Waals surface area contributed by atoms with E-state index in [1.807, 2.05) is 121 Å². The lowest BCUT2D eigenvalue weighted by Crippen LogP contribution is -2.65. The first-order valence-electron chi connectivity index (χ1n) is 18.8. The third-order valence-corrected chi connectivity index (χ3v) is 9.48. The summed E-state index contributed by atoms with van der Waals surface area (Å²) in [4.78, 5) is 24.9. The van der Waals surface area contributed by atoms with Gasteiger partial charge in [-0.3, -0.25) is 9.59 Å². The fourth-order valence-corrected chi connectivity index (χ4v) is 6.82. The van der Waals surface area contributed by atoms with Crippen LogP contribution in [0.25, 0.3) is 0 Å². The Labute approximate surface area is 327 Å². The van der Waals surface area contributed by atoms with Crippen LogP contribution in [0.2, 0.25) is 0 Å². The maximum Gasteiger partial charge on any atom is 0.303 e. The quantitative estimate of drug-likeness (QED) is 0.133. The van der Waals surface area contributed by atoms with Gasteiger partial charge in [-0.25, -0.2) is 0 Å². The van der Waals surface area contributed by atoms with Crippen LogP contribution in [0.1, 0.15) is 43.0 Å². The van der Waals surface area contributed by atoms with Gasteiger partial charge < -0.3 is 47.7 Å². The van der Waals surface area contributed by atoms with Crippen molar-refractivity contribution in [2.45, 2.75) is 109 Å². The van der Waals surface area contributed by atoms with Gasteiger partial charge >= 0.3 is 11.9 Å². The standard InChI is InChI=1S/C44H50O12/c1-29-37(53-30(2)45)40(54-31(3)46)42(51-27-35-22-14-7-15-23-35)44(52-29)56-38-36(28-48-24-32-16-8-4-9-17-32)55-43(47)41(50-26-34-20-12-6-13-21-34)39(38)49-25-33-18-10-5-11-19-33/h4-23,29,36-44,47H,24-28H2,1-3H3/t29-,36+,37+,38+,39-,40+,41+,42-,43-,44-/m0/s1. The molecule has 6 rings (SSSR count). The van der Waals surface area contributed by atoms with E-state index in [-0.39, 0.29) is 33.0 Å². The Morgan fingerprint density at radius 1 is 0.536 bits per heavy atom. The minimum absolute atomic E-state index is 0.00547. The van der Waals surface area contributed by atoms with Crippen molar-refractivity contribution in [3.05, 3.63) is 144 Å². The molecule has 298 valence electrons. The molecule has 2 fully saturated rings. The van der Waals surface area contributed by atoms with Gasteiger partial charge in [0.2, 0.25) is 0 Å². The predicted molar refractivity (Wildman–Crippen MR) is 202 cm³/mol. The normalized spacial score (nSPS) is 27.6. The molecule has 2 aliphatic rings. The average Bonchev–Trinajstić information content (AvgIpc) is 3.20. The number of aliphatic hydroxyl groups is 1. The molecule has 0 unspecified atom stereocenters. The van der Waals surface area contributed by atoms with Crippen molar-refractivity contribution < 1.29 is 57.3 Å². The zero-order valence-electron chi connectivity index (χ0n) is 31.8. The highest BCUT2D eigenvalue weighted by Gasteiger charge is 2.54. The van der Waals surface area contributed by atoms with Gasteiger partial charge in [-0.1, -0.05) is 121 Å². The first-order chi connectivity index (χ1) is 27.2. The van der Waals surface area contributed by atoms with E-state index in [4.69, 9.17) is 42.6 Å². The average molecular weight is 771 g/mol. The Bertz CT molecular complexity index is 1760. The number of hydrogen-bond acceptors (Lipinski definition) is 12. The first-order valence-corrected chi connectivity index (χ1v) is 18.8. The van der Waals surface area contributed by atoms with Gasteiger partial charge in [-0.05, 0) is 29.2 Å². The molecule has 10 atom stereocenters. The van der Waals surface area contributed by atoms with E-state index in [9.17, 15) is 14.7 Å². The van der Waals surface area contributed by atoms with E-state index in [0.29, 0.717) is 0 Å². The van der Waals surface area contributed by atoms with Crippen molar-refractivity contribution in [3.63, 3.8) is 0 Å². The molecule has 0 amide bonds. The molecule has 0 bridgehead atoms. The second kappa shape index (κ2) is 20.6. The molecule has 0 spiro atoms. The van der Waals surface area contributed by atoms with Crippen LogP contribution in [0.4, 0.5) is 0 Å². The molecule has 0 aromatic heterocycles. The number of ether oxygens (including phenoxy) is 9. The van der Waals surface area contributed by atoms with E-state index in [0.717, 1.165) is 22.3 Å². The van der Waals surface area contributed by atoms with Crippen LogP contribution in [0, 0.1) is 0 Å². The summed E-state index contributed by atoms with van der Waals surface area (Å²) < 4.78 is 56.9. The third-order valence-electron chi connectivity index (χ3n) is 9.48. The molecule has 2 saturated heterocycles. The van der Waals surface area contributed by atoms with Crippen LogP contribution >= 0.6 is 0 Å². The summed E-state index contributed by atoms with van der Waals surface area (Å²) in [7, 11) is 0. The number of benzene rings is 4. The highest BCUT2D eigenvalue weighted by Crippen LogP contribution is 2.35. The summed E-state index contributed by atoms with van der Waals surface area (Å²) in [6.07, 6.45) is -10.6. The molecule has 2 heterocycles. The largest absolute Gasteiger partial charge is 0.456 e. The Balaban J connectivity index is 1.35. The fraction of sp³-hybridized carbons (Fsp3) is 0.409. The van der Waals surface area contributed by atoms with Crippen molar-refractivity contribution in [1.82, 2.24) is 0 Å². The first kappa shape index (κ1) is 41.1. The van der Waals surface area contributed by atoms with Crippen LogP contribution in [-0.2, 0) is 78.6 Å². The van der Waals surface area contributed by atoms with Crippen LogP contribution in [0.15, 0.2) is 121 Å².